The maximum absolute atomic E-state index is 13.8. The molecule has 0 spiro atoms. The Morgan fingerprint density at radius 3 is 2.45 bits per heavy atom. The van der Waals surface area contributed by atoms with Crippen LogP contribution >= 0.6 is 0 Å². The number of nitrogens with one attached hydrogen (secondary N) is 1. The summed E-state index contributed by atoms with van der Waals surface area (Å²) in [5, 5.41) is 7.37. The summed E-state index contributed by atoms with van der Waals surface area (Å²) in [7, 11) is 0. The van der Waals surface area contributed by atoms with E-state index in [0.29, 0.717) is 54.2 Å². The molecule has 0 saturated carbocycles. The highest BCUT2D eigenvalue weighted by atomic mass is 19.3. The van der Waals surface area contributed by atoms with Crippen LogP contribution in [0, 0.1) is 6.92 Å². The molecule has 10 heteroatoms. The predicted octanol–water partition coefficient (Wildman–Crippen LogP) is 5.58. The van der Waals surface area contributed by atoms with Crippen molar-refractivity contribution in [2.75, 3.05) is 26.2 Å². The second-order valence-corrected chi connectivity index (χ2v) is 10.1. The van der Waals surface area contributed by atoms with Gasteiger partial charge in [-0.05, 0) is 48.9 Å². The van der Waals surface area contributed by atoms with Crippen LogP contribution in [0.1, 0.15) is 46.1 Å². The number of carbonyl (C=O) groups is 1. The number of nitrogens with zero attached hydrogens (tertiary/aromatic N) is 5. The topological polar surface area (TPSA) is 91.2 Å². The predicted molar refractivity (Wildman–Crippen MR) is 146 cm³/mol. The van der Waals surface area contributed by atoms with Gasteiger partial charge in [0.25, 0.3) is 11.8 Å². The van der Waals surface area contributed by atoms with E-state index in [0.717, 1.165) is 18.3 Å². The third kappa shape index (κ3) is 5.10. The molecule has 6 rings (SSSR count). The fraction of sp³-hybridized carbons (Fsp3) is 0.267. The van der Waals surface area contributed by atoms with Gasteiger partial charge in [0.2, 0.25) is 5.89 Å². The second kappa shape index (κ2) is 10.3. The van der Waals surface area contributed by atoms with Crippen LogP contribution in [0.2, 0.25) is 0 Å². The Labute approximate surface area is 229 Å². The van der Waals surface area contributed by atoms with Crippen LogP contribution in [0.25, 0.3) is 22.6 Å². The number of benzene rings is 3. The Kier molecular flexibility index (Phi) is 6.63. The zero-order valence-electron chi connectivity index (χ0n) is 22.1. The van der Waals surface area contributed by atoms with Gasteiger partial charge in [-0.3, -0.25) is 14.8 Å². The van der Waals surface area contributed by atoms with Crippen LogP contribution in [0.5, 0.6) is 0 Å². The van der Waals surface area contributed by atoms with Gasteiger partial charge >= 0.3 is 0 Å². The van der Waals surface area contributed by atoms with E-state index in [-0.39, 0.29) is 23.4 Å². The number of aromatic nitrogens is 4. The van der Waals surface area contributed by atoms with E-state index in [4.69, 9.17) is 4.42 Å². The number of carbonyl (C=O) groups excluding carboxylic acids is 1. The monoisotopic (exact) mass is 542 g/mol. The molecule has 0 bridgehead atoms. The summed E-state index contributed by atoms with van der Waals surface area (Å²) >= 11 is 0. The molecular weight excluding hydrogens is 514 g/mol. The highest BCUT2D eigenvalue weighted by molar-refractivity contribution is 5.95. The molecule has 1 atom stereocenters. The van der Waals surface area contributed by atoms with Crippen molar-refractivity contribution in [3.63, 3.8) is 0 Å². The summed E-state index contributed by atoms with van der Waals surface area (Å²) in [6.45, 7) is 5.15. The standard InChI is InChI=1S/C30H28F2N6O2/c1-19-33-27(36-35-19)26(20-7-4-3-5-8-20)37-13-15-38(16-14-37)29(39)22-10-6-9-21(17-22)28-34-24-18-23(30(2,31)32)11-12-25(24)40-28/h3-12,17-18,26H,13-16H2,1-2H3,(H,33,35,36). The van der Waals surface area contributed by atoms with Crippen LogP contribution in [0.4, 0.5) is 8.78 Å². The molecular formula is C30H28F2N6O2. The van der Waals surface area contributed by atoms with E-state index >= 15 is 0 Å². The number of piperazine rings is 1. The first kappa shape index (κ1) is 25.8. The summed E-state index contributed by atoms with van der Waals surface area (Å²) < 4.78 is 33.3. The first-order chi connectivity index (χ1) is 19.3. The number of hydrogen-bond acceptors (Lipinski definition) is 6. The molecule has 204 valence electrons. The van der Waals surface area contributed by atoms with Crippen LogP contribution in [0.3, 0.4) is 0 Å². The van der Waals surface area contributed by atoms with Crippen LogP contribution < -0.4 is 0 Å². The fourth-order valence-corrected chi connectivity index (χ4v) is 5.12. The molecule has 2 aromatic heterocycles. The molecule has 1 unspecified atom stereocenters. The summed E-state index contributed by atoms with van der Waals surface area (Å²) in [4.78, 5) is 26.6. The molecule has 1 fully saturated rings. The molecule has 1 saturated heterocycles. The van der Waals surface area contributed by atoms with Crippen molar-refractivity contribution in [3.8, 4) is 11.5 Å². The van der Waals surface area contributed by atoms with Crippen molar-refractivity contribution in [1.29, 1.82) is 0 Å². The minimum atomic E-state index is -2.97. The number of rotatable bonds is 6. The molecule has 1 aliphatic heterocycles. The van der Waals surface area contributed by atoms with E-state index in [1.807, 2.05) is 30.0 Å². The molecule has 40 heavy (non-hydrogen) atoms. The van der Waals surface area contributed by atoms with Gasteiger partial charge in [0.1, 0.15) is 11.3 Å². The number of H-pyrrole nitrogens is 1. The highest BCUT2D eigenvalue weighted by Crippen LogP contribution is 2.32. The van der Waals surface area contributed by atoms with Crippen molar-refractivity contribution in [3.05, 3.63) is 101 Å². The maximum Gasteiger partial charge on any atom is 0.270 e. The first-order valence-corrected chi connectivity index (χ1v) is 13.1. The Morgan fingerprint density at radius 2 is 1.75 bits per heavy atom. The number of alkyl halides is 2. The summed E-state index contributed by atoms with van der Waals surface area (Å²) in [6, 6.07) is 21.2. The molecule has 3 aromatic carbocycles. The quantitative estimate of drug-likeness (QED) is 0.301. The van der Waals surface area contributed by atoms with Gasteiger partial charge in [-0.1, -0.05) is 36.4 Å². The number of halogens is 2. The van der Waals surface area contributed by atoms with Crippen molar-refractivity contribution in [2.24, 2.45) is 0 Å². The van der Waals surface area contributed by atoms with Crippen molar-refractivity contribution < 1.29 is 18.0 Å². The zero-order chi connectivity index (χ0) is 27.9. The van der Waals surface area contributed by atoms with Crippen LogP contribution in [-0.4, -0.2) is 62.1 Å². The molecule has 8 nitrogen and oxygen atoms in total. The summed E-state index contributed by atoms with van der Waals surface area (Å²) in [6.07, 6.45) is 0. The number of aryl methyl sites for hydroxylation is 1. The molecule has 3 heterocycles. The smallest absolute Gasteiger partial charge is 0.270 e. The Bertz CT molecular complexity index is 1650. The molecule has 5 aromatic rings. The lowest BCUT2D eigenvalue weighted by atomic mass is 10.0. The summed E-state index contributed by atoms with van der Waals surface area (Å²) in [5.74, 6) is -1.32. The second-order valence-electron chi connectivity index (χ2n) is 10.1. The number of hydrogen-bond donors (Lipinski definition) is 1. The normalized spacial score (nSPS) is 15.4. The van der Waals surface area contributed by atoms with Crippen LogP contribution in [-0.2, 0) is 5.92 Å². The van der Waals surface area contributed by atoms with Crippen molar-refractivity contribution >= 4 is 17.0 Å². The van der Waals surface area contributed by atoms with Gasteiger partial charge in [0, 0.05) is 49.8 Å². The molecule has 0 radical (unpaired) electrons. The third-order valence-corrected chi connectivity index (χ3v) is 7.19. The van der Waals surface area contributed by atoms with E-state index in [9.17, 15) is 13.6 Å². The number of amides is 1. The van der Waals surface area contributed by atoms with Gasteiger partial charge in [-0.15, -0.1) is 0 Å². The number of fused-ring (bicyclic) bond motifs is 1. The zero-order valence-corrected chi connectivity index (χ0v) is 22.1. The van der Waals surface area contributed by atoms with E-state index < -0.39 is 5.92 Å². The Morgan fingerprint density at radius 1 is 0.975 bits per heavy atom. The van der Waals surface area contributed by atoms with Gasteiger partial charge in [0.05, 0.1) is 6.04 Å². The Hall–Kier alpha value is -4.44. The van der Waals surface area contributed by atoms with Gasteiger partial charge in [0.15, 0.2) is 11.4 Å². The minimum absolute atomic E-state index is 0.0875. The average Bonchev–Trinajstić information content (AvgIpc) is 3.59. The largest absolute Gasteiger partial charge is 0.436 e. The van der Waals surface area contributed by atoms with Crippen LogP contribution in [0.15, 0.2) is 77.2 Å². The Balaban J connectivity index is 1.19. The first-order valence-electron chi connectivity index (χ1n) is 13.1. The molecule has 1 aliphatic rings. The lowest BCUT2D eigenvalue weighted by molar-refractivity contribution is 0.0176. The molecule has 1 N–H and O–H groups in total. The lowest BCUT2D eigenvalue weighted by Crippen LogP contribution is -2.50. The third-order valence-electron chi connectivity index (χ3n) is 7.19. The number of oxazole rings is 1. The lowest BCUT2D eigenvalue weighted by Gasteiger charge is -2.38. The minimum Gasteiger partial charge on any atom is -0.436 e. The van der Waals surface area contributed by atoms with Crippen molar-refractivity contribution in [2.45, 2.75) is 25.8 Å². The van der Waals surface area contributed by atoms with Gasteiger partial charge < -0.3 is 9.32 Å². The van der Waals surface area contributed by atoms with Gasteiger partial charge in [-0.2, -0.15) is 5.10 Å². The van der Waals surface area contributed by atoms with E-state index in [1.54, 1.807) is 24.3 Å². The van der Waals surface area contributed by atoms with E-state index in [2.05, 4.69) is 37.2 Å². The van der Waals surface area contributed by atoms with Gasteiger partial charge in [-0.25, -0.2) is 18.7 Å². The average molecular weight is 543 g/mol. The van der Waals surface area contributed by atoms with E-state index in [1.165, 1.54) is 18.2 Å². The van der Waals surface area contributed by atoms with Crippen molar-refractivity contribution in [1.82, 2.24) is 30.0 Å². The fourth-order valence-electron chi connectivity index (χ4n) is 5.12. The maximum atomic E-state index is 13.8. The number of aromatic amines is 1. The molecule has 0 aliphatic carbocycles. The molecule has 1 amide bonds. The summed E-state index contributed by atoms with van der Waals surface area (Å²) in [5.41, 5.74) is 2.84. The SMILES string of the molecule is Cc1nc(C(c2ccccc2)N2CCN(C(=O)c3cccc(-c4nc5cc(C(C)(F)F)ccc5o4)c3)CC2)n[nH]1. The highest BCUT2D eigenvalue weighted by Gasteiger charge is 2.31.